The molecular weight excluding hydrogens is 144 g/mol. The summed E-state index contributed by atoms with van der Waals surface area (Å²) < 4.78 is 0. The van der Waals surface area contributed by atoms with Crippen LogP contribution in [0.5, 0.6) is 0 Å². The van der Waals surface area contributed by atoms with E-state index < -0.39 is 0 Å². The van der Waals surface area contributed by atoms with E-state index in [1.54, 1.807) is 11.8 Å². The summed E-state index contributed by atoms with van der Waals surface area (Å²) in [5, 5.41) is 0. The molecule has 3 heteroatoms. The lowest BCUT2D eigenvalue weighted by molar-refractivity contribution is 0.977. The summed E-state index contributed by atoms with van der Waals surface area (Å²) in [6.07, 6.45) is 3.87. The van der Waals surface area contributed by atoms with E-state index in [4.69, 9.17) is 5.73 Å². The van der Waals surface area contributed by atoms with E-state index in [1.165, 1.54) is 4.90 Å². The third-order valence-electron chi connectivity index (χ3n) is 1.24. The van der Waals surface area contributed by atoms with Crippen molar-refractivity contribution in [2.24, 2.45) is 5.73 Å². The fraction of sp³-hybridized carbons (Fsp3) is 0.286. The molecule has 0 aliphatic heterocycles. The van der Waals surface area contributed by atoms with E-state index in [0.29, 0.717) is 6.54 Å². The van der Waals surface area contributed by atoms with Gasteiger partial charge >= 0.3 is 0 Å². The van der Waals surface area contributed by atoms with Crippen molar-refractivity contribution in [1.82, 2.24) is 4.98 Å². The fourth-order valence-electron chi connectivity index (χ4n) is 0.652. The van der Waals surface area contributed by atoms with Crippen molar-refractivity contribution >= 4 is 11.8 Å². The average Bonchev–Trinajstić information content (AvgIpc) is 2.05. The molecule has 0 fully saturated rings. The molecule has 0 amide bonds. The third kappa shape index (κ3) is 1.72. The third-order valence-corrected chi connectivity index (χ3v) is 1.96. The zero-order valence-electron chi connectivity index (χ0n) is 5.87. The summed E-state index contributed by atoms with van der Waals surface area (Å²) in [6.45, 7) is 0.522. The number of hydrogen-bond acceptors (Lipinski definition) is 3. The van der Waals surface area contributed by atoms with E-state index in [1.807, 2.05) is 24.6 Å². The Morgan fingerprint density at radius 1 is 1.60 bits per heavy atom. The Morgan fingerprint density at radius 2 is 2.40 bits per heavy atom. The van der Waals surface area contributed by atoms with Crippen molar-refractivity contribution in [3.63, 3.8) is 0 Å². The zero-order chi connectivity index (χ0) is 7.40. The Balaban J connectivity index is 2.80. The minimum Gasteiger partial charge on any atom is -0.325 e. The first-order valence-corrected chi connectivity index (χ1v) is 4.28. The summed E-state index contributed by atoms with van der Waals surface area (Å²) >= 11 is 1.68. The van der Waals surface area contributed by atoms with Gasteiger partial charge in [-0.25, -0.2) is 0 Å². The lowest BCUT2D eigenvalue weighted by Gasteiger charge is -1.96. The molecule has 0 aliphatic rings. The maximum absolute atomic E-state index is 5.37. The minimum absolute atomic E-state index is 0.522. The predicted octanol–water partition coefficient (Wildman–Crippen LogP) is 1.26. The highest BCUT2D eigenvalue weighted by atomic mass is 32.2. The highest BCUT2D eigenvalue weighted by molar-refractivity contribution is 7.98. The van der Waals surface area contributed by atoms with E-state index in [9.17, 15) is 0 Å². The minimum atomic E-state index is 0.522. The van der Waals surface area contributed by atoms with Gasteiger partial charge in [-0.3, -0.25) is 4.98 Å². The number of pyridine rings is 1. The summed E-state index contributed by atoms with van der Waals surface area (Å²) in [4.78, 5) is 5.30. The topological polar surface area (TPSA) is 38.9 Å². The summed E-state index contributed by atoms with van der Waals surface area (Å²) in [5.41, 5.74) is 6.31. The van der Waals surface area contributed by atoms with Crippen LogP contribution in [0, 0.1) is 0 Å². The van der Waals surface area contributed by atoms with Crippen molar-refractivity contribution in [3.8, 4) is 0 Å². The molecule has 0 bridgehead atoms. The Morgan fingerprint density at radius 3 is 2.80 bits per heavy atom. The number of hydrogen-bond donors (Lipinski definition) is 1. The van der Waals surface area contributed by atoms with Crippen molar-refractivity contribution in [3.05, 3.63) is 24.0 Å². The maximum Gasteiger partial charge on any atom is 0.0540 e. The molecule has 1 aromatic heterocycles. The molecule has 0 saturated carbocycles. The van der Waals surface area contributed by atoms with E-state index in [0.717, 1.165) is 5.69 Å². The molecule has 0 aromatic carbocycles. The van der Waals surface area contributed by atoms with Crippen LogP contribution >= 0.6 is 11.8 Å². The maximum atomic E-state index is 5.37. The monoisotopic (exact) mass is 154 g/mol. The number of nitrogens with zero attached hydrogens (tertiary/aromatic N) is 1. The second-order valence-corrected chi connectivity index (χ2v) is 2.77. The standard InChI is InChI=1S/C7H10N2S/c1-10-7-3-2-6(4-8)9-5-7/h2-3,5H,4,8H2,1H3. The van der Waals surface area contributed by atoms with Gasteiger partial charge in [0.1, 0.15) is 0 Å². The molecule has 0 radical (unpaired) electrons. The van der Waals surface area contributed by atoms with Crippen LogP contribution in [0.2, 0.25) is 0 Å². The van der Waals surface area contributed by atoms with Gasteiger partial charge in [-0.2, -0.15) is 0 Å². The van der Waals surface area contributed by atoms with E-state index >= 15 is 0 Å². The molecule has 0 aliphatic carbocycles. The summed E-state index contributed by atoms with van der Waals surface area (Å²) in [7, 11) is 0. The highest BCUT2D eigenvalue weighted by Crippen LogP contribution is 2.11. The first-order valence-electron chi connectivity index (χ1n) is 3.06. The Bertz CT molecular complexity index is 172. The highest BCUT2D eigenvalue weighted by Gasteiger charge is 1.90. The first kappa shape index (κ1) is 7.57. The smallest absolute Gasteiger partial charge is 0.0540 e. The molecule has 0 spiro atoms. The van der Waals surface area contributed by atoms with Gasteiger partial charge < -0.3 is 5.73 Å². The molecule has 1 heterocycles. The molecular formula is C7H10N2S. The molecule has 0 saturated heterocycles. The second-order valence-electron chi connectivity index (χ2n) is 1.89. The number of thioether (sulfide) groups is 1. The molecule has 0 unspecified atom stereocenters. The van der Waals surface area contributed by atoms with Crippen molar-refractivity contribution in [2.75, 3.05) is 6.26 Å². The zero-order valence-corrected chi connectivity index (χ0v) is 6.69. The van der Waals surface area contributed by atoms with E-state index in [2.05, 4.69) is 4.98 Å². The van der Waals surface area contributed by atoms with Gasteiger partial charge in [0.05, 0.1) is 5.69 Å². The molecule has 54 valence electrons. The van der Waals surface area contributed by atoms with Crippen molar-refractivity contribution in [1.29, 1.82) is 0 Å². The lowest BCUT2D eigenvalue weighted by atomic mass is 10.4. The first-order chi connectivity index (χ1) is 4.86. The number of aromatic nitrogens is 1. The molecule has 2 N–H and O–H groups in total. The molecule has 1 aromatic rings. The quantitative estimate of drug-likeness (QED) is 0.652. The largest absolute Gasteiger partial charge is 0.325 e. The van der Waals surface area contributed by atoms with Crippen LogP contribution < -0.4 is 5.73 Å². The Labute approximate surface area is 64.8 Å². The van der Waals surface area contributed by atoms with Crippen LogP contribution in [0.15, 0.2) is 23.2 Å². The molecule has 0 atom stereocenters. The SMILES string of the molecule is CSc1ccc(CN)nc1. The Kier molecular flexibility index (Phi) is 2.71. The average molecular weight is 154 g/mol. The second kappa shape index (κ2) is 3.58. The van der Waals surface area contributed by atoms with Crippen molar-refractivity contribution < 1.29 is 0 Å². The fourth-order valence-corrected chi connectivity index (χ4v) is 1.01. The van der Waals surface area contributed by atoms with Gasteiger partial charge in [0, 0.05) is 17.6 Å². The Hall–Kier alpha value is -0.540. The molecule has 2 nitrogen and oxygen atoms in total. The lowest BCUT2D eigenvalue weighted by Crippen LogP contribution is -1.98. The van der Waals surface area contributed by atoms with Crippen LogP contribution in [0.3, 0.4) is 0 Å². The normalized spacial score (nSPS) is 9.80. The predicted molar refractivity (Wildman–Crippen MR) is 43.9 cm³/mol. The van der Waals surface area contributed by atoms with Gasteiger partial charge in [0.15, 0.2) is 0 Å². The number of rotatable bonds is 2. The molecule has 1 rings (SSSR count). The van der Waals surface area contributed by atoms with Gasteiger partial charge in [-0.1, -0.05) is 0 Å². The van der Waals surface area contributed by atoms with Crippen LogP contribution in [-0.4, -0.2) is 11.2 Å². The molecule has 10 heavy (non-hydrogen) atoms. The number of nitrogens with two attached hydrogens (primary N) is 1. The van der Waals surface area contributed by atoms with Gasteiger partial charge in [0.2, 0.25) is 0 Å². The van der Waals surface area contributed by atoms with Crippen molar-refractivity contribution in [2.45, 2.75) is 11.4 Å². The van der Waals surface area contributed by atoms with Crippen LogP contribution in [-0.2, 0) is 6.54 Å². The summed E-state index contributed by atoms with van der Waals surface area (Å²) in [5.74, 6) is 0. The van der Waals surface area contributed by atoms with Crippen LogP contribution in [0.4, 0.5) is 0 Å². The summed E-state index contributed by atoms with van der Waals surface area (Å²) in [6, 6.07) is 3.98. The van der Waals surface area contributed by atoms with E-state index in [-0.39, 0.29) is 0 Å². The van der Waals surface area contributed by atoms with Gasteiger partial charge in [-0.05, 0) is 18.4 Å². The van der Waals surface area contributed by atoms with Gasteiger partial charge in [-0.15, -0.1) is 11.8 Å². The van der Waals surface area contributed by atoms with Crippen LogP contribution in [0.25, 0.3) is 0 Å². The van der Waals surface area contributed by atoms with Crippen LogP contribution in [0.1, 0.15) is 5.69 Å². The van der Waals surface area contributed by atoms with Gasteiger partial charge in [0.25, 0.3) is 0 Å².